The molecule has 3 aromatic carbocycles. The summed E-state index contributed by atoms with van der Waals surface area (Å²) in [5.74, 6) is 0.624. The van der Waals surface area contributed by atoms with Crippen molar-refractivity contribution >= 4 is 29.4 Å². The molecule has 0 radical (unpaired) electrons. The molecule has 0 spiro atoms. The van der Waals surface area contributed by atoms with Crippen molar-refractivity contribution in [2.75, 3.05) is 0 Å². The fourth-order valence-electron chi connectivity index (χ4n) is 3.39. The molecule has 0 saturated carbocycles. The van der Waals surface area contributed by atoms with Gasteiger partial charge in [-0.1, -0.05) is 71.3 Å². The Kier molecular flexibility index (Phi) is 6.07. The largest absolute Gasteiger partial charge is 0.436 e. The molecule has 0 N–H and O–H groups in total. The summed E-state index contributed by atoms with van der Waals surface area (Å²) < 4.78 is 6.09. The second-order valence-electron chi connectivity index (χ2n) is 7.55. The van der Waals surface area contributed by atoms with Gasteiger partial charge in [0.15, 0.2) is 0 Å². The van der Waals surface area contributed by atoms with Gasteiger partial charge in [-0.15, -0.1) is 0 Å². The lowest BCUT2D eigenvalue weighted by atomic mass is 9.97. The van der Waals surface area contributed by atoms with Crippen molar-refractivity contribution in [1.29, 1.82) is 5.26 Å². The minimum Gasteiger partial charge on any atom is -0.436 e. The van der Waals surface area contributed by atoms with Gasteiger partial charge >= 0.3 is 0 Å². The normalized spacial score (nSPS) is 11.0. The highest BCUT2D eigenvalue weighted by molar-refractivity contribution is 6.33. The van der Waals surface area contributed by atoms with E-state index in [-0.39, 0.29) is 17.1 Å². The Bertz CT molecular complexity index is 1410. The molecule has 0 aliphatic carbocycles. The van der Waals surface area contributed by atoms with Gasteiger partial charge in [-0.3, -0.25) is 10.1 Å². The molecule has 0 atom stereocenters. The van der Waals surface area contributed by atoms with E-state index >= 15 is 0 Å². The number of nitriles is 1. The molecule has 0 amide bonds. The van der Waals surface area contributed by atoms with Crippen LogP contribution in [0.4, 0.5) is 11.6 Å². The number of non-ortho nitro benzene ring substituents is 1. The van der Waals surface area contributed by atoms with Crippen LogP contribution in [0.2, 0.25) is 5.02 Å². The van der Waals surface area contributed by atoms with E-state index in [1.54, 1.807) is 0 Å². The number of nitro benzene ring substituents is 1. The molecular formula is C26H18ClN3O3. The zero-order valence-electron chi connectivity index (χ0n) is 17.9. The van der Waals surface area contributed by atoms with Crippen molar-refractivity contribution in [3.05, 3.63) is 104 Å². The van der Waals surface area contributed by atoms with Gasteiger partial charge in [0.1, 0.15) is 17.4 Å². The van der Waals surface area contributed by atoms with Crippen molar-refractivity contribution in [2.45, 2.75) is 13.8 Å². The van der Waals surface area contributed by atoms with Crippen molar-refractivity contribution in [3.63, 3.8) is 0 Å². The van der Waals surface area contributed by atoms with Crippen LogP contribution in [0.5, 0.6) is 0 Å². The minimum atomic E-state index is -0.508. The molecule has 0 aliphatic heterocycles. The minimum absolute atomic E-state index is 0.103. The maximum Gasteiger partial charge on any atom is 0.270 e. The monoisotopic (exact) mass is 455 g/mol. The molecule has 0 unspecified atom stereocenters. The number of benzene rings is 3. The number of hydrogen-bond donors (Lipinski definition) is 0. The van der Waals surface area contributed by atoms with Crippen LogP contribution in [0, 0.1) is 35.3 Å². The van der Waals surface area contributed by atoms with Gasteiger partial charge in [0.05, 0.1) is 4.92 Å². The third kappa shape index (κ3) is 4.54. The van der Waals surface area contributed by atoms with E-state index in [2.05, 4.69) is 11.1 Å². The van der Waals surface area contributed by atoms with Crippen LogP contribution in [0.3, 0.4) is 0 Å². The first-order valence-electron chi connectivity index (χ1n) is 10.1. The van der Waals surface area contributed by atoms with Gasteiger partial charge in [0, 0.05) is 40.1 Å². The van der Waals surface area contributed by atoms with E-state index in [9.17, 15) is 15.4 Å². The van der Waals surface area contributed by atoms with E-state index in [0.29, 0.717) is 21.9 Å². The zero-order valence-corrected chi connectivity index (χ0v) is 18.6. The smallest absolute Gasteiger partial charge is 0.270 e. The number of aryl methyl sites for hydroxylation is 2. The van der Waals surface area contributed by atoms with Crippen LogP contribution in [0.15, 0.2) is 76.1 Å². The lowest BCUT2D eigenvalue weighted by Gasteiger charge is -2.05. The summed E-state index contributed by atoms with van der Waals surface area (Å²) in [5, 5.41) is 21.4. The highest BCUT2D eigenvalue weighted by Gasteiger charge is 2.23. The fourth-order valence-corrected chi connectivity index (χ4v) is 3.56. The van der Waals surface area contributed by atoms with E-state index in [4.69, 9.17) is 16.0 Å². The van der Waals surface area contributed by atoms with Crippen LogP contribution in [0.1, 0.15) is 22.3 Å². The summed E-state index contributed by atoms with van der Waals surface area (Å²) >= 11 is 6.19. The first kappa shape index (κ1) is 22.0. The van der Waals surface area contributed by atoms with Crippen molar-refractivity contribution in [3.8, 4) is 28.5 Å². The van der Waals surface area contributed by atoms with Crippen LogP contribution in [-0.4, -0.2) is 11.1 Å². The zero-order chi connectivity index (χ0) is 23.5. The highest BCUT2D eigenvalue weighted by Crippen LogP contribution is 2.42. The van der Waals surface area contributed by atoms with E-state index in [1.807, 2.05) is 62.4 Å². The van der Waals surface area contributed by atoms with Crippen molar-refractivity contribution < 1.29 is 9.34 Å². The summed E-state index contributed by atoms with van der Waals surface area (Å²) in [7, 11) is 0. The summed E-state index contributed by atoms with van der Waals surface area (Å²) in [6.07, 6.45) is 1.37. The number of furan rings is 1. The molecule has 0 bridgehead atoms. The summed E-state index contributed by atoms with van der Waals surface area (Å²) in [6, 6.07) is 21.9. The Morgan fingerprint density at radius 3 is 2.18 bits per heavy atom. The molecule has 7 heteroatoms. The number of nitro groups is 1. The molecule has 1 heterocycles. The van der Waals surface area contributed by atoms with Crippen LogP contribution in [-0.2, 0) is 0 Å². The number of halogens is 1. The SMILES string of the molecule is Cc1ccc(-c2oc(N=Cc3cc([N+](=O)[O-])ccc3Cl)c(C#N)c2-c2ccc(C)cc2)cc1. The predicted octanol–water partition coefficient (Wildman–Crippen LogP) is 7.41. The molecule has 0 fully saturated rings. The molecule has 33 heavy (non-hydrogen) atoms. The molecule has 0 saturated heterocycles. The lowest BCUT2D eigenvalue weighted by molar-refractivity contribution is -0.384. The van der Waals surface area contributed by atoms with E-state index in [1.165, 1.54) is 24.4 Å². The Hall–Kier alpha value is -4.21. The van der Waals surface area contributed by atoms with Crippen LogP contribution < -0.4 is 0 Å². The maximum absolute atomic E-state index is 11.1. The van der Waals surface area contributed by atoms with Gasteiger partial charge in [-0.2, -0.15) is 5.26 Å². The molecule has 0 aliphatic rings. The van der Waals surface area contributed by atoms with Gasteiger partial charge in [-0.05, 0) is 25.5 Å². The molecular weight excluding hydrogens is 438 g/mol. The Morgan fingerprint density at radius 1 is 1.00 bits per heavy atom. The van der Waals surface area contributed by atoms with E-state index in [0.717, 1.165) is 22.3 Å². The van der Waals surface area contributed by atoms with Crippen LogP contribution in [0.25, 0.3) is 22.5 Å². The Balaban J connectivity index is 1.89. The molecule has 4 aromatic rings. The molecule has 1 aromatic heterocycles. The van der Waals surface area contributed by atoms with E-state index < -0.39 is 4.92 Å². The Labute approximate surface area is 195 Å². The standard InChI is InChI=1S/C26H18ClN3O3/c1-16-3-7-18(8-4-16)24-22(14-28)26(33-25(24)19-9-5-17(2)6-10-19)29-15-20-13-21(30(31)32)11-12-23(20)27/h3-13,15H,1-2H3. The van der Waals surface area contributed by atoms with Gasteiger partial charge in [-0.25, -0.2) is 4.99 Å². The third-order valence-corrected chi connectivity index (χ3v) is 5.51. The number of hydrogen-bond acceptors (Lipinski definition) is 5. The second-order valence-corrected chi connectivity index (χ2v) is 7.96. The summed E-state index contributed by atoms with van der Waals surface area (Å²) in [4.78, 5) is 15.0. The number of nitrogens with zero attached hydrogens (tertiary/aromatic N) is 3. The third-order valence-electron chi connectivity index (χ3n) is 5.17. The highest BCUT2D eigenvalue weighted by atomic mass is 35.5. The topological polar surface area (TPSA) is 92.4 Å². The lowest BCUT2D eigenvalue weighted by Crippen LogP contribution is -1.90. The second kappa shape index (κ2) is 9.11. The summed E-state index contributed by atoms with van der Waals surface area (Å²) in [6.45, 7) is 3.98. The number of rotatable bonds is 5. The van der Waals surface area contributed by atoms with Crippen molar-refractivity contribution in [2.24, 2.45) is 4.99 Å². The first-order valence-corrected chi connectivity index (χ1v) is 10.4. The number of aliphatic imine (C=N–C) groups is 1. The first-order chi connectivity index (χ1) is 15.9. The summed E-state index contributed by atoms with van der Waals surface area (Å²) in [5.41, 5.74) is 4.97. The van der Waals surface area contributed by atoms with Crippen molar-refractivity contribution in [1.82, 2.24) is 0 Å². The quantitative estimate of drug-likeness (QED) is 0.178. The maximum atomic E-state index is 11.1. The Morgan fingerprint density at radius 2 is 1.61 bits per heavy atom. The molecule has 162 valence electrons. The van der Waals surface area contributed by atoms with Gasteiger partial charge in [0.25, 0.3) is 5.69 Å². The van der Waals surface area contributed by atoms with Gasteiger partial charge in [0.2, 0.25) is 5.88 Å². The molecule has 4 rings (SSSR count). The average Bonchev–Trinajstić information content (AvgIpc) is 3.17. The van der Waals surface area contributed by atoms with Gasteiger partial charge < -0.3 is 4.42 Å². The average molecular weight is 456 g/mol. The fraction of sp³-hybridized carbons (Fsp3) is 0.0769. The molecule has 6 nitrogen and oxygen atoms in total. The van der Waals surface area contributed by atoms with Crippen LogP contribution >= 0.6 is 11.6 Å². The predicted molar refractivity (Wildman–Crippen MR) is 129 cm³/mol.